The molecule has 3 rings (SSSR count). The van der Waals surface area contributed by atoms with E-state index in [0.29, 0.717) is 15.8 Å². The van der Waals surface area contributed by atoms with Crippen LogP contribution in [-0.4, -0.2) is 31.8 Å². The van der Waals surface area contributed by atoms with Gasteiger partial charge in [0.15, 0.2) is 0 Å². The Morgan fingerprint density at radius 1 is 1.19 bits per heavy atom. The number of rotatable bonds is 4. The summed E-state index contributed by atoms with van der Waals surface area (Å²) in [6, 6.07) is 9.62. The molecule has 2 aromatic carbocycles. The zero-order valence-corrected chi connectivity index (χ0v) is 15.5. The monoisotopic (exact) mass is 444 g/mol. The fraction of sp³-hybridized carbons (Fsp3) is 0.111. The summed E-state index contributed by atoms with van der Waals surface area (Å²) in [7, 11) is 0. The summed E-state index contributed by atoms with van der Waals surface area (Å²) in [6.07, 6.45) is -3.21. The van der Waals surface area contributed by atoms with E-state index in [9.17, 15) is 22.4 Å². The molecule has 1 N–H and O–H groups in total. The molecule has 0 bridgehead atoms. The van der Waals surface area contributed by atoms with Crippen LogP contribution in [-0.2, 0) is 0 Å². The Bertz CT molecular complexity index is 985. The van der Waals surface area contributed by atoms with Gasteiger partial charge < -0.3 is 0 Å². The van der Waals surface area contributed by atoms with Gasteiger partial charge >= 0.3 is 157 Å². The van der Waals surface area contributed by atoms with Gasteiger partial charge in [0.1, 0.15) is 0 Å². The van der Waals surface area contributed by atoms with Crippen LogP contribution in [0.4, 0.5) is 22.3 Å². The Balaban J connectivity index is 1.78. The number of hydrogen-bond donors (Lipinski definition) is 1. The van der Waals surface area contributed by atoms with Gasteiger partial charge in [-0.15, -0.1) is 0 Å². The van der Waals surface area contributed by atoms with Crippen LogP contribution in [0.2, 0.25) is 0 Å². The van der Waals surface area contributed by atoms with Crippen molar-refractivity contribution in [2.75, 3.05) is 5.32 Å². The standard InChI is InChI=1S/C18H12F4N2O2Se/c1-10-8-11(26-18(20,21)22)6-7-12(10)15-9-23-17(27-15)24-16(25)13-4-2-3-5-14(13)19/h2-9H,1H3,(H,23,24,25). The summed E-state index contributed by atoms with van der Waals surface area (Å²) in [5.41, 5.74) is 1.21. The second-order valence-corrected chi connectivity index (χ2v) is 7.65. The number of nitrogens with zero attached hydrogens (tertiary/aromatic N) is 1. The SMILES string of the molecule is Cc1cc(OC(F)(F)F)ccc1-c1cnc(NC(=O)c2ccccc2F)[se]1. The minimum absolute atomic E-state index is 0.0886. The molecule has 0 spiro atoms. The van der Waals surface area contributed by atoms with Crippen molar-refractivity contribution >= 4 is 25.1 Å². The fourth-order valence-electron chi connectivity index (χ4n) is 2.38. The second kappa shape index (κ2) is 7.54. The third kappa shape index (κ3) is 4.75. The number of aryl methyl sites for hydroxylation is 1. The number of ether oxygens (including phenoxy) is 1. The summed E-state index contributed by atoms with van der Waals surface area (Å²) >= 11 is -0.377. The van der Waals surface area contributed by atoms with Crippen LogP contribution in [0.5, 0.6) is 5.75 Å². The van der Waals surface area contributed by atoms with Crippen LogP contribution in [0.15, 0.2) is 48.7 Å². The Kier molecular flexibility index (Phi) is 5.34. The van der Waals surface area contributed by atoms with Crippen molar-refractivity contribution in [1.29, 1.82) is 0 Å². The topological polar surface area (TPSA) is 51.2 Å². The number of amides is 1. The van der Waals surface area contributed by atoms with Crippen molar-refractivity contribution < 1.29 is 27.1 Å². The number of benzene rings is 2. The summed E-state index contributed by atoms with van der Waals surface area (Å²) in [6.45, 7) is 1.66. The predicted molar refractivity (Wildman–Crippen MR) is 92.4 cm³/mol. The predicted octanol–water partition coefficient (Wildman–Crippen LogP) is 4.40. The van der Waals surface area contributed by atoms with E-state index in [0.717, 1.165) is 4.44 Å². The van der Waals surface area contributed by atoms with Gasteiger partial charge in [0.25, 0.3) is 0 Å². The van der Waals surface area contributed by atoms with E-state index < -0.39 is 18.1 Å². The molecule has 0 atom stereocenters. The van der Waals surface area contributed by atoms with Crippen molar-refractivity contribution in [1.82, 2.24) is 4.98 Å². The molecule has 0 fully saturated rings. The Hall–Kier alpha value is -2.64. The molecule has 1 amide bonds. The maximum absolute atomic E-state index is 13.7. The summed E-state index contributed by atoms with van der Waals surface area (Å²) in [5.74, 6) is -1.54. The summed E-state index contributed by atoms with van der Waals surface area (Å²) in [5, 5.41) is 2.57. The van der Waals surface area contributed by atoms with Crippen LogP contribution in [0.3, 0.4) is 0 Å². The molecule has 1 aromatic heterocycles. The molecule has 27 heavy (non-hydrogen) atoms. The Morgan fingerprint density at radius 3 is 2.59 bits per heavy atom. The molecule has 1 heterocycles. The van der Waals surface area contributed by atoms with Crippen LogP contribution in [0.25, 0.3) is 10.0 Å². The Labute approximate surface area is 157 Å². The average molecular weight is 443 g/mol. The fourth-order valence-corrected chi connectivity index (χ4v) is 4.27. The number of halogens is 4. The van der Waals surface area contributed by atoms with E-state index in [4.69, 9.17) is 0 Å². The normalized spacial score (nSPS) is 11.3. The van der Waals surface area contributed by atoms with Crippen LogP contribution in [0.1, 0.15) is 15.9 Å². The van der Waals surface area contributed by atoms with Gasteiger partial charge in [0, 0.05) is 0 Å². The van der Waals surface area contributed by atoms with Crippen molar-refractivity contribution in [2.24, 2.45) is 0 Å². The van der Waals surface area contributed by atoms with Gasteiger partial charge in [-0.3, -0.25) is 0 Å². The van der Waals surface area contributed by atoms with E-state index in [-0.39, 0.29) is 25.8 Å². The number of alkyl halides is 3. The van der Waals surface area contributed by atoms with Gasteiger partial charge in [-0.25, -0.2) is 0 Å². The number of carbonyl (C=O) groups is 1. The number of nitrogens with one attached hydrogen (secondary N) is 1. The molecule has 4 nitrogen and oxygen atoms in total. The molecule has 0 saturated heterocycles. The molecular weight excluding hydrogens is 431 g/mol. The summed E-state index contributed by atoms with van der Waals surface area (Å²) in [4.78, 5) is 16.3. The zero-order chi connectivity index (χ0) is 19.6. The van der Waals surface area contributed by atoms with Gasteiger partial charge in [0.2, 0.25) is 0 Å². The first kappa shape index (κ1) is 19.1. The number of carbonyl (C=O) groups excluding carboxylic acids is 1. The molecule has 0 unspecified atom stereocenters. The van der Waals surface area contributed by atoms with E-state index in [2.05, 4.69) is 15.0 Å². The number of aromatic nitrogens is 1. The van der Waals surface area contributed by atoms with E-state index in [1.54, 1.807) is 19.2 Å². The molecule has 0 saturated carbocycles. The van der Waals surface area contributed by atoms with E-state index >= 15 is 0 Å². The van der Waals surface area contributed by atoms with E-state index in [1.807, 2.05) is 0 Å². The van der Waals surface area contributed by atoms with Gasteiger partial charge in [-0.1, -0.05) is 0 Å². The first-order chi connectivity index (χ1) is 12.7. The van der Waals surface area contributed by atoms with Crippen molar-refractivity contribution in [3.05, 3.63) is 65.6 Å². The van der Waals surface area contributed by atoms with Crippen molar-refractivity contribution in [2.45, 2.75) is 13.3 Å². The van der Waals surface area contributed by atoms with Crippen LogP contribution >= 0.6 is 0 Å². The van der Waals surface area contributed by atoms with Crippen LogP contribution < -0.4 is 10.1 Å². The molecule has 0 aliphatic rings. The third-order valence-corrected chi connectivity index (χ3v) is 5.53. The van der Waals surface area contributed by atoms with E-state index in [1.165, 1.54) is 36.4 Å². The first-order valence-corrected chi connectivity index (χ1v) is 9.33. The average Bonchev–Trinajstić information content (AvgIpc) is 3.02. The molecule has 9 heteroatoms. The van der Waals surface area contributed by atoms with Gasteiger partial charge in [0.05, 0.1) is 0 Å². The molecule has 0 aliphatic carbocycles. The van der Waals surface area contributed by atoms with Crippen molar-refractivity contribution in [3.63, 3.8) is 0 Å². The molecule has 0 radical (unpaired) electrons. The minimum atomic E-state index is -4.75. The molecule has 140 valence electrons. The molecule has 0 aliphatic heterocycles. The Morgan fingerprint density at radius 2 is 1.93 bits per heavy atom. The maximum atomic E-state index is 13.7. The summed E-state index contributed by atoms with van der Waals surface area (Å²) < 4.78 is 55.6. The number of anilines is 1. The number of hydrogen-bond acceptors (Lipinski definition) is 3. The quantitative estimate of drug-likeness (QED) is 0.481. The van der Waals surface area contributed by atoms with Gasteiger partial charge in [-0.2, -0.15) is 0 Å². The van der Waals surface area contributed by atoms with Gasteiger partial charge in [-0.05, 0) is 0 Å². The second-order valence-electron chi connectivity index (χ2n) is 5.49. The zero-order valence-electron chi connectivity index (χ0n) is 13.8. The van der Waals surface area contributed by atoms with Crippen LogP contribution in [0, 0.1) is 12.7 Å². The molecular formula is C18H12F4N2O2Se. The first-order valence-electron chi connectivity index (χ1n) is 7.61. The molecule has 3 aromatic rings. The van der Waals surface area contributed by atoms with Crippen molar-refractivity contribution in [3.8, 4) is 15.8 Å². The third-order valence-electron chi connectivity index (χ3n) is 3.54.